The Kier molecular flexibility index (Phi) is 8.97. The van der Waals surface area contributed by atoms with E-state index < -0.39 is 5.92 Å². The number of carbonyl (C=O) groups is 1. The van der Waals surface area contributed by atoms with E-state index in [0.717, 1.165) is 24.0 Å². The molecule has 0 N–H and O–H groups in total. The lowest BCUT2D eigenvalue weighted by molar-refractivity contribution is 0.0497. The molecule has 0 amide bonds. The lowest BCUT2D eigenvalue weighted by Crippen LogP contribution is -2.12. The highest BCUT2D eigenvalue weighted by atomic mass is 16.5. The second-order valence-corrected chi connectivity index (χ2v) is 8.27. The summed E-state index contributed by atoms with van der Waals surface area (Å²) in [7, 11) is 0. The van der Waals surface area contributed by atoms with Crippen LogP contribution in [0.15, 0.2) is 42.5 Å². The van der Waals surface area contributed by atoms with Crippen molar-refractivity contribution in [2.24, 2.45) is 0 Å². The van der Waals surface area contributed by atoms with Crippen LogP contribution in [0, 0.1) is 11.3 Å². The standard InChI is InChI=1S/C27H33NO3/c1-2-3-4-5-6-7-8-9-10-13-18-30-27(29)21-16-17-26-23(19-21)24(20-28)22-14-11-12-15-25(22)31-26/h11-12,14-17,19,24H,2-10,13,18H2,1H3. The SMILES string of the molecule is CCCCCCCCCCCCOC(=O)c1ccc2c(c1)C(C#N)c1ccccc1O2. The molecule has 0 aromatic heterocycles. The maximum absolute atomic E-state index is 12.5. The molecule has 31 heavy (non-hydrogen) atoms. The summed E-state index contributed by atoms with van der Waals surface area (Å²) >= 11 is 0. The van der Waals surface area contributed by atoms with Crippen LogP contribution in [0.1, 0.15) is 98.5 Å². The van der Waals surface area contributed by atoms with Gasteiger partial charge in [-0.1, -0.05) is 82.9 Å². The molecule has 2 aromatic carbocycles. The van der Waals surface area contributed by atoms with Gasteiger partial charge < -0.3 is 9.47 Å². The van der Waals surface area contributed by atoms with Crippen LogP contribution in [0.2, 0.25) is 0 Å². The van der Waals surface area contributed by atoms with Crippen molar-refractivity contribution in [3.63, 3.8) is 0 Å². The Labute approximate surface area is 186 Å². The number of unbranched alkanes of at least 4 members (excludes halogenated alkanes) is 9. The van der Waals surface area contributed by atoms with Crippen molar-refractivity contribution < 1.29 is 14.3 Å². The maximum atomic E-state index is 12.5. The van der Waals surface area contributed by atoms with Crippen molar-refractivity contribution in [2.75, 3.05) is 6.61 Å². The average molecular weight is 420 g/mol. The summed E-state index contributed by atoms with van der Waals surface area (Å²) in [6.45, 7) is 2.68. The number of para-hydroxylation sites is 1. The molecule has 0 aliphatic carbocycles. The molecule has 1 atom stereocenters. The summed E-state index contributed by atoms with van der Waals surface area (Å²) < 4.78 is 11.4. The van der Waals surface area contributed by atoms with E-state index in [1.807, 2.05) is 24.3 Å². The van der Waals surface area contributed by atoms with Gasteiger partial charge in [0.1, 0.15) is 17.4 Å². The molecule has 1 unspecified atom stereocenters. The molecule has 0 bridgehead atoms. The van der Waals surface area contributed by atoms with Crippen molar-refractivity contribution >= 4 is 5.97 Å². The summed E-state index contributed by atoms with van der Waals surface area (Å²) in [4.78, 5) is 12.5. The van der Waals surface area contributed by atoms with E-state index in [1.165, 1.54) is 51.4 Å². The van der Waals surface area contributed by atoms with Gasteiger partial charge in [0.2, 0.25) is 0 Å². The number of hydrogen-bond donors (Lipinski definition) is 0. The quantitative estimate of drug-likeness (QED) is 0.263. The molecule has 0 fully saturated rings. The first-order valence-electron chi connectivity index (χ1n) is 11.7. The van der Waals surface area contributed by atoms with E-state index >= 15 is 0 Å². The Bertz CT molecular complexity index is 900. The summed E-state index contributed by atoms with van der Waals surface area (Å²) in [5.41, 5.74) is 2.01. The van der Waals surface area contributed by atoms with Gasteiger partial charge in [0, 0.05) is 11.1 Å². The monoisotopic (exact) mass is 419 g/mol. The first-order valence-corrected chi connectivity index (χ1v) is 11.7. The molecule has 2 aromatic rings. The minimum atomic E-state index is -0.449. The van der Waals surface area contributed by atoms with Crippen LogP contribution in [0.25, 0.3) is 0 Å². The Morgan fingerprint density at radius 3 is 2.26 bits per heavy atom. The van der Waals surface area contributed by atoms with Gasteiger partial charge in [-0.25, -0.2) is 4.79 Å². The zero-order valence-corrected chi connectivity index (χ0v) is 18.6. The topological polar surface area (TPSA) is 59.3 Å². The fourth-order valence-corrected chi connectivity index (χ4v) is 4.07. The Hall–Kier alpha value is -2.80. The number of hydrogen-bond acceptors (Lipinski definition) is 4. The van der Waals surface area contributed by atoms with E-state index in [0.29, 0.717) is 23.7 Å². The molecule has 0 radical (unpaired) electrons. The van der Waals surface area contributed by atoms with Crippen LogP contribution in [-0.2, 0) is 4.74 Å². The number of nitrogens with zero attached hydrogens (tertiary/aromatic N) is 1. The number of benzene rings is 2. The van der Waals surface area contributed by atoms with Gasteiger partial charge in [-0.2, -0.15) is 5.26 Å². The van der Waals surface area contributed by atoms with E-state index in [-0.39, 0.29) is 5.97 Å². The number of ether oxygens (including phenoxy) is 2. The van der Waals surface area contributed by atoms with Crippen LogP contribution >= 0.6 is 0 Å². The zero-order chi connectivity index (χ0) is 21.9. The maximum Gasteiger partial charge on any atom is 0.338 e. The minimum absolute atomic E-state index is 0.339. The lowest BCUT2D eigenvalue weighted by Gasteiger charge is -2.24. The molecular weight excluding hydrogens is 386 g/mol. The normalized spacial score (nSPS) is 14.1. The fraction of sp³-hybridized carbons (Fsp3) is 0.481. The average Bonchev–Trinajstić information content (AvgIpc) is 2.80. The summed E-state index contributed by atoms with van der Waals surface area (Å²) in [6.07, 6.45) is 12.5. The van der Waals surface area contributed by atoms with Crippen molar-refractivity contribution in [1.82, 2.24) is 0 Å². The summed E-state index contributed by atoms with van der Waals surface area (Å²) in [5, 5.41) is 9.71. The number of fused-ring (bicyclic) bond motifs is 2. The van der Waals surface area contributed by atoms with Crippen LogP contribution in [0.4, 0.5) is 0 Å². The number of carbonyl (C=O) groups excluding carboxylic acids is 1. The van der Waals surface area contributed by atoms with Crippen molar-refractivity contribution in [2.45, 2.75) is 77.0 Å². The van der Waals surface area contributed by atoms with Crippen molar-refractivity contribution in [3.05, 3.63) is 59.2 Å². The molecule has 1 aliphatic rings. The molecule has 0 saturated carbocycles. The van der Waals surface area contributed by atoms with Crippen LogP contribution in [0.5, 0.6) is 11.5 Å². The first-order chi connectivity index (χ1) is 15.2. The van der Waals surface area contributed by atoms with Gasteiger partial charge in [0.05, 0.1) is 18.2 Å². The van der Waals surface area contributed by atoms with E-state index in [2.05, 4.69) is 13.0 Å². The fourth-order valence-electron chi connectivity index (χ4n) is 4.07. The van der Waals surface area contributed by atoms with Crippen molar-refractivity contribution in [3.8, 4) is 17.6 Å². The molecule has 1 aliphatic heterocycles. The minimum Gasteiger partial charge on any atom is -0.462 e. The van der Waals surface area contributed by atoms with Gasteiger partial charge in [0.25, 0.3) is 0 Å². The van der Waals surface area contributed by atoms with Crippen molar-refractivity contribution in [1.29, 1.82) is 5.26 Å². The molecular formula is C27H33NO3. The Morgan fingerprint density at radius 2 is 1.55 bits per heavy atom. The third-order valence-corrected chi connectivity index (χ3v) is 5.87. The van der Waals surface area contributed by atoms with Gasteiger partial charge in [-0.15, -0.1) is 0 Å². The Morgan fingerprint density at radius 1 is 0.903 bits per heavy atom. The highest BCUT2D eigenvalue weighted by molar-refractivity contribution is 5.90. The molecule has 4 nitrogen and oxygen atoms in total. The third kappa shape index (κ3) is 6.34. The lowest BCUT2D eigenvalue weighted by atomic mass is 9.88. The van der Waals surface area contributed by atoms with Gasteiger partial charge >= 0.3 is 5.97 Å². The summed E-state index contributed by atoms with van der Waals surface area (Å²) in [6, 6.07) is 15.1. The molecule has 0 saturated heterocycles. The molecule has 0 spiro atoms. The molecule has 1 heterocycles. The number of nitriles is 1. The highest BCUT2D eigenvalue weighted by Crippen LogP contribution is 2.43. The van der Waals surface area contributed by atoms with Gasteiger partial charge in [0.15, 0.2) is 0 Å². The Balaban J connectivity index is 1.42. The second kappa shape index (κ2) is 12.2. The predicted octanol–water partition coefficient (Wildman–Crippen LogP) is 7.53. The summed E-state index contributed by atoms with van der Waals surface area (Å²) in [5.74, 6) is 0.526. The molecule has 164 valence electrons. The first kappa shape index (κ1) is 22.9. The smallest absolute Gasteiger partial charge is 0.338 e. The molecule has 3 rings (SSSR count). The predicted molar refractivity (Wildman–Crippen MR) is 123 cm³/mol. The third-order valence-electron chi connectivity index (χ3n) is 5.87. The van der Waals surface area contributed by atoms with E-state index in [4.69, 9.17) is 9.47 Å². The van der Waals surface area contributed by atoms with Crippen LogP contribution in [-0.4, -0.2) is 12.6 Å². The number of rotatable bonds is 12. The largest absolute Gasteiger partial charge is 0.462 e. The second-order valence-electron chi connectivity index (χ2n) is 8.27. The molecule has 4 heteroatoms. The number of esters is 1. The highest BCUT2D eigenvalue weighted by Gasteiger charge is 2.28. The van der Waals surface area contributed by atoms with Gasteiger partial charge in [-0.3, -0.25) is 0 Å². The van der Waals surface area contributed by atoms with Crippen LogP contribution < -0.4 is 4.74 Å². The van der Waals surface area contributed by atoms with Gasteiger partial charge in [-0.05, 0) is 30.7 Å². The van der Waals surface area contributed by atoms with E-state index in [1.54, 1.807) is 18.2 Å². The van der Waals surface area contributed by atoms with E-state index in [9.17, 15) is 10.1 Å². The van der Waals surface area contributed by atoms with Crippen LogP contribution in [0.3, 0.4) is 0 Å². The zero-order valence-electron chi connectivity index (χ0n) is 18.6.